The van der Waals surface area contributed by atoms with Crippen LogP contribution in [-0.2, 0) is 0 Å². The molecule has 2 rings (SSSR count). The minimum Gasteiger partial charge on any atom is -0.307 e. The van der Waals surface area contributed by atoms with Gasteiger partial charge in [-0.05, 0) is 43.4 Å². The average Bonchev–Trinajstić information content (AvgIpc) is 2.64. The minimum atomic E-state index is -0.148. The Hall–Kier alpha value is -0.890. The first-order chi connectivity index (χ1) is 7.66. The van der Waals surface area contributed by atoms with Gasteiger partial charge in [-0.15, -0.1) is 0 Å². The molecule has 1 aliphatic rings. The third kappa shape index (κ3) is 2.62. The SMILES string of the molecule is CC(NC1CCCC1C)c1cccc(F)c1. The molecular formula is C14H20FN. The van der Waals surface area contributed by atoms with Crippen LogP contribution in [0.2, 0.25) is 0 Å². The lowest BCUT2D eigenvalue weighted by Crippen LogP contribution is -2.33. The Morgan fingerprint density at radius 3 is 2.81 bits per heavy atom. The Labute approximate surface area is 97.1 Å². The van der Waals surface area contributed by atoms with Crippen LogP contribution in [-0.4, -0.2) is 6.04 Å². The lowest BCUT2D eigenvalue weighted by atomic mass is 10.0. The van der Waals surface area contributed by atoms with E-state index in [1.807, 2.05) is 6.07 Å². The fourth-order valence-electron chi connectivity index (χ4n) is 2.59. The van der Waals surface area contributed by atoms with Crippen molar-refractivity contribution in [2.24, 2.45) is 5.92 Å². The van der Waals surface area contributed by atoms with E-state index in [-0.39, 0.29) is 11.9 Å². The molecule has 0 aliphatic heterocycles. The van der Waals surface area contributed by atoms with Gasteiger partial charge in [-0.1, -0.05) is 25.5 Å². The van der Waals surface area contributed by atoms with E-state index < -0.39 is 0 Å². The van der Waals surface area contributed by atoms with Gasteiger partial charge in [-0.25, -0.2) is 4.39 Å². The Bertz CT molecular complexity index is 350. The lowest BCUT2D eigenvalue weighted by molar-refractivity contribution is 0.388. The van der Waals surface area contributed by atoms with Gasteiger partial charge in [-0.2, -0.15) is 0 Å². The Balaban J connectivity index is 1.99. The molecular weight excluding hydrogens is 201 g/mol. The molecule has 88 valence electrons. The summed E-state index contributed by atoms with van der Waals surface area (Å²) in [6.45, 7) is 4.41. The molecule has 2 heteroatoms. The topological polar surface area (TPSA) is 12.0 Å². The maximum atomic E-state index is 13.1. The number of halogens is 1. The third-order valence-electron chi connectivity index (χ3n) is 3.67. The number of hydrogen-bond acceptors (Lipinski definition) is 1. The van der Waals surface area contributed by atoms with Crippen LogP contribution in [0.5, 0.6) is 0 Å². The van der Waals surface area contributed by atoms with Gasteiger partial charge in [0.1, 0.15) is 5.82 Å². The Morgan fingerprint density at radius 1 is 1.38 bits per heavy atom. The van der Waals surface area contributed by atoms with Gasteiger partial charge < -0.3 is 5.32 Å². The third-order valence-corrected chi connectivity index (χ3v) is 3.67. The summed E-state index contributed by atoms with van der Waals surface area (Å²) in [5.74, 6) is 0.599. The van der Waals surface area contributed by atoms with Crippen LogP contribution >= 0.6 is 0 Å². The van der Waals surface area contributed by atoms with Crippen molar-refractivity contribution < 1.29 is 4.39 Å². The zero-order valence-electron chi connectivity index (χ0n) is 10.0. The van der Waals surface area contributed by atoms with Crippen molar-refractivity contribution in [3.8, 4) is 0 Å². The molecule has 0 aromatic heterocycles. The van der Waals surface area contributed by atoms with Crippen molar-refractivity contribution in [2.45, 2.75) is 45.2 Å². The van der Waals surface area contributed by atoms with E-state index >= 15 is 0 Å². The van der Waals surface area contributed by atoms with E-state index in [9.17, 15) is 4.39 Å². The highest BCUT2D eigenvalue weighted by Crippen LogP contribution is 2.27. The van der Waals surface area contributed by atoms with Crippen molar-refractivity contribution >= 4 is 0 Å². The molecule has 1 aromatic rings. The van der Waals surface area contributed by atoms with Gasteiger partial charge in [0.2, 0.25) is 0 Å². The summed E-state index contributed by atoms with van der Waals surface area (Å²) in [6.07, 6.45) is 3.88. The van der Waals surface area contributed by atoms with Gasteiger partial charge in [-0.3, -0.25) is 0 Å². The minimum absolute atomic E-state index is 0.148. The summed E-state index contributed by atoms with van der Waals surface area (Å²) in [5.41, 5.74) is 1.04. The first-order valence-electron chi connectivity index (χ1n) is 6.18. The molecule has 1 N–H and O–H groups in total. The van der Waals surface area contributed by atoms with Crippen LogP contribution in [0.4, 0.5) is 4.39 Å². The molecule has 0 amide bonds. The highest BCUT2D eigenvalue weighted by molar-refractivity contribution is 5.19. The summed E-state index contributed by atoms with van der Waals surface area (Å²) in [4.78, 5) is 0. The van der Waals surface area contributed by atoms with Crippen LogP contribution in [0.1, 0.15) is 44.7 Å². The predicted molar refractivity (Wildman–Crippen MR) is 64.8 cm³/mol. The largest absolute Gasteiger partial charge is 0.307 e. The smallest absolute Gasteiger partial charge is 0.123 e. The van der Waals surface area contributed by atoms with Crippen LogP contribution in [0.25, 0.3) is 0 Å². The van der Waals surface area contributed by atoms with E-state index in [1.54, 1.807) is 12.1 Å². The van der Waals surface area contributed by atoms with E-state index in [0.29, 0.717) is 6.04 Å². The molecule has 0 spiro atoms. The summed E-state index contributed by atoms with van der Waals surface area (Å²) >= 11 is 0. The normalized spacial score (nSPS) is 26.9. The molecule has 1 fully saturated rings. The van der Waals surface area contributed by atoms with E-state index in [4.69, 9.17) is 0 Å². The van der Waals surface area contributed by atoms with Crippen molar-refractivity contribution in [3.63, 3.8) is 0 Å². The lowest BCUT2D eigenvalue weighted by Gasteiger charge is -2.23. The van der Waals surface area contributed by atoms with Crippen molar-refractivity contribution in [2.75, 3.05) is 0 Å². The van der Waals surface area contributed by atoms with Gasteiger partial charge in [0, 0.05) is 12.1 Å². The fraction of sp³-hybridized carbons (Fsp3) is 0.571. The first kappa shape index (κ1) is 11.6. The quantitative estimate of drug-likeness (QED) is 0.821. The highest BCUT2D eigenvalue weighted by Gasteiger charge is 2.24. The standard InChI is InChI=1S/C14H20FN/c1-10-5-3-8-14(10)16-11(2)12-6-4-7-13(15)9-12/h4,6-7,9-11,14,16H,3,5,8H2,1-2H3. The number of benzene rings is 1. The Morgan fingerprint density at radius 2 is 2.19 bits per heavy atom. The number of rotatable bonds is 3. The highest BCUT2D eigenvalue weighted by atomic mass is 19.1. The second-order valence-electron chi connectivity index (χ2n) is 4.96. The van der Waals surface area contributed by atoms with E-state index in [2.05, 4.69) is 19.2 Å². The summed E-state index contributed by atoms with van der Waals surface area (Å²) in [6, 6.07) is 7.71. The molecule has 0 heterocycles. The Kier molecular flexibility index (Phi) is 3.59. The molecule has 0 saturated heterocycles. The van der Waals surface area contributed by atoms with E-state index in [0.717, 1.165) is 11.5 Å². The molecule has 16 heavy (non-hydrogen) atoms. The van der Waals surface area contributed by atoms with Crippen molar-refractivity contribution in [3.05, 3.63) is 35.6 Å². The molecule has 1 saturated carbocycles. The summed E-state index contributed by atoms with van der Waals surface area (Å²) in [7, 11) is 0. The van der Waals surface area contributed by atoms with Crippen LogP contribution in [0.3, 0.4) is 0 Å². The summed E-state index contributed by atoms with van der Waals surface area (Å²) < 4.78 is 13.1. The molecule has 1 aliphatic carbocycles. The molecule has 0 bridgehead atoms. The molecule has 1 aromatic carbocycles. The van der Waals surface area contributed by atoms with Crippen molar-refractivity contribution in [1.82, 2.24) is 5.32 Å². The fourth-order valence-corrected chi connectivity index (χ4v) is 2.59. The average molecular weight is 221 g/mol. The van der Waals surface area contributed by atoms with Gasteiger partial charge >= 0.3 is 0 Å². The molecule has 3 unspecified atom stereocenters. The van der Waals surface area contributed by atoms with Gasteiger partial charge in [0.15, 0.2) is 0 Å². The van der Waals surface area contributed by atoms with Crippen LogP contribution in [0.15, 0.2) is 24.3 Å². The first-order valence-corrected chi connectivity index (χ1v) is 6.18. The van der Waals surface area contributed by atoms with Gasteiger partial charge in [0.05, 0.1) is 0 Å². The van der Waals surface area contributed by atoms with Gasteiger partial charge in [0.25, 0.3) is 0 Å². The number of hydrogen-bond donors (Lipinski definition) is 1. The molecule has 3 atom stereocenters. The van der Waals surface area contributed by atoms with Crippen LogP contribution in [0, 0.1) is 11.7 Å². The van der Waals surface area contributed by atoms with Crippen molar-refractivity contribution in [1.29, 1.82) is 0 Å². The maximum Gasteiger partial charge on any atom is 0.123 e. The van der Waals surface area contributed by atoms with E-state index in [1.165, 1.54) is 25.3 Å². The number of nitrogens with one attached hydrogen (secondary N) is 1. The maximum absolute atomic E-state index is 13.1. The molecule has 0 radical (unpaired) electrons. The molecule has 1 nitrogen and oxygen atoms in total. The second kappa shape index (κ2) is 4.96. The predicted octanol–water partition coefficient (Wildman–Crippen LogP) is 3.66. The van der Waals surface area contributed by atoms with Crippen LogP contribution < -0.4 is 5.32 Å². The summed E-state index contributed by atoms with van der Waals surface area (Å²) in [5, 5.41) is 3.61. The zero-order chi connectivity index (χ0) is 11.5. The second-order valence-corrected chi connectivity index (χ2v) is 4.96. The zero-order valence-corrected chi connectivity index (χ0v) is 10.0. The monoisotopic (exact) mass is 221 g/mol.